The fraction of sp³-hybridized carbons (Fsp3) is 0.333. The number of para-hydroxylation sites is 1. The molecular weight excluding hydrogens is 447 g/mol. The Labute approximate surface area is 194 Å². The van der Waals surface area contributed by atoms with Gasteiger partial charge in [-0.25, -0.2) is 0 Å². The van der Waals surface area contributed by atoms with Gasteiger partial charge in [0.05, 0.1) is 23.7 Å². The van der Waals surface area contributed by atoms with Crippen molar-refractivity contribution in [2.45, 2.75) is 39.5 Å². The number of benzene rings is 2. The van der Waals surface area contributed by atoms with Crippen LogP contribution in [-0.2, 0) is 11.3 Å². The van der Waals surface area contributed by atoms with Gasteiger partial charge >= 0.3 is 6.18 Å². The van der Waals surface area contributed by atoms with Crippen LogP contribution in [0.2, 0.25) is 0 Å². The van der Waals surface area contributed by atoms with E-state index in [1.54, 1.807) is 74.0 Å². The molecule has 2 amide bonds. The first-order chi connectivity index (χ1) is 15.9. The molecule has 0 aliphatic carbocycles. The molecule has 34 heavy (non-hydrogen) atoms. The molecule has 2 aromatic carbocycles. The highest BCUT2D eigenvalue weighted by atomic mass is 19.4. The van der Waals surface area contributed by atoms with E-state index in [1.165, 1.54) is 0 Å². The molecule has 0 fully saturated rings. The van der Waals surface area contributed by atoms with Crippen molar-refractivity contribution >= 4 is 22.7 Å². The molecule has 0 aliphatic heterocycles. The summed E-state index contributed by atoms with van der Waals surface area (Å²) in [6.45, 7) is 3.77. The monoisotopic (exact) mass is 471 g/mol. The Morgan fingerprint density at radius 1 is 1.09 bits per heavy atom. The summed E-state index contributed by atoms with van der Waals surface area (Å²) in [4.78, 5) is 25.6. The lowest BCUT2D eigenvalue weighted by molar-refractivity contribution is -0.140. The number of aromatic nitrogens is 2. The minimum Gasteiger partial charge on any atom is -0.345 e. The molecule has 3 rings (SSSR count). The molecule has 10 heteroatoms. The number of carbonyl (C=O) groups excluding carboxylic acids is 2. The molecule has 1 heterocycles. The molecule has 1 aromatic heterocycles. The van der Waals surface area contributed by atoms with E-state index in [1.807, 2.05) is 5.32 Å². The molecule has 3 aromatic rings. The maximum absolute atomic E-state index is 13.1. The second kappa shape index (κ2) is 9.55. The van der Waals surface area contributed by atoms with Crippen LogP contribution in [0.1, 0.15) is 42.4 Å². The molecule has 0 bridgehead atoms. The standard InChI is InChI=1S/C24H24F3N5O2/c1-23(2,3)20(22(34)29-14-24(25,26)27)30-21(33)19-17-6-4-5-7-18(17)32(31-19)13-16-10-8-15(12-28)9-11-16/h4-11,20H,13-14H2,1-3H3,(H,29,34)(H,30,33). The molecule has 1 atom stereocenters. The minimum atomic E-state index is -4.57. The Morgan fingerprint density at radius 3 is 2.32 bits per heavy atom. The highest BCUT2D eigenvalue weighted by molar-refractivity contribution is 6.06. The lowest BCUT2D eigenvalue weighted by Crippen LogP contribution is -2.54. The van der Waals surface area contributed by atoms with Crippen molar-refractivity contribution in [3.63, 3.8) is 0 Å². The van der Waals surface area contributed by atoms with E-state index >= 15 is 0 Å². The fourth-order valence-electron chi connectivity index (χ4n) is 3.44. The SMILES string of the molecule is CC(C)(C)C(NC(=O)c1nn(Cc2ccc(C#N)cc2)c2ccccc12)C(=O)NCC(F)(F)F. The van der Waals surface area contributed by atoms with Gasteiger partial charge in [0.15, 0.2) is 5.69 Å². The topological polar surface area (TPSA) is 99.8 Å². The number of halogens is 3. The second-order valence-electron chi connectivity index (χ2n) is 8.94. The van der Waals surface area contributed by atoms with Crippen LogP contribution in [0.3, 0.4) is 0 Å². The van der Waals surface area contributed by atoms with Gasteiger partial charge < -0.3 is 10.6 Å². The van der Waals surface area contributed by atoms with Crippen molar-refractivity contribution in [1.82, 2.24) is 20.4 Å². The number of nitrogens with one attached hydrogen (secondary N) is 2. The van der Waals surface area contributed by atoms with Crippen LogP contribution in [0.15, 0.2) is 48.5 Å². The minimum absolute atomic E-state index is 0.0575. The molecule has 1 unspecified atom stereocenters. The van der Waals surface area contributed by atoms with Crippen LogP contribution in [0, 0.1) is 16.7 Å². The highest BCUT2D eigenvalue weighted by Gasteiger charge is 2.36. The van der Waals surface area contributed by atoms with Crippen LogP contribution in [-0.4, -0.2) is 40.4 Å². The summed E-state index contributed by atoms with van der Waals surface area (Å²) in [7, 11) is 0. The Hall–Kier alpha value is -3.87. The predicted octanol–water partition coefficient (Wildman–Crippen LogP) is 3.78. The van der Waals surface area contributed by atoms with Gasteiger partial charge in [-0.1, -0.05) is 51.1 Å². The highest BCUT2D eigenvalue weighted by Crippen LogP contribution is 2.23. The fourth-order valence-corrected chi connectivity index (χ4v) is 3.44. The van der Waals surface area contributed by atoms with Gasteiger partial charge in [0, 0.05) is 5.39 Å². The Balaban J connectivity index is 1.89. The zero-order chi connectivity index (χ0) is 25.1. The van der Waals surface area contributed by atoms with Gasteiger partial charge in [-0.15, -0.1) is 0 Å². The number of hydrogen-bond donors (Lipinski definition) is 2. The van der Waals surface area contributed by atoms with Crippen molar-refractivity contribution in [2.75, 3.05) is 6.54 Å². The van der Waals surface area contributed by atoms with Crippen LogP contribution < -0.4 is 10.6 Å². The number of nitriles is 1. The van der Waals surface area contributed by atoms with Crippen LogP contribution in [0.5, 0.6) is 0 Å². The molecule has 0 saturated carbocycles. The summed E-state index contributed by atoms with van der Waals surface area (Å²) in [5.41, 5.74) is 1.25. The van der Waals surface area contributed by atoms with Crippen LogP contribution in [0.25, 0.3) is 10.9 Å². The number of alkyl halides is 3. The van der Waals surface area contributed by atoms with E-state index in [9.17, 15) is 22.8 Å². The van der Waals surface area contributed by atoms with Crippen LogP contribution >= 0.6 is 0 Å². The summed E-state index contributed by atoms with van der Waals surface area (Å²) in [5.74, 6) is -1.60. The molecule has 2 N–H and O–H groups in total. The van der Waals surface area contributed by atoms with Crippen molar-refractivity contribution < 1.29 is 22.8 Å². The molecule has 0 radical (unpaired) electrons. The van der Waals surface area contributed by atoms with Crippen LogP contribution in [0.4, 0.5) is 13.2 Å². The second-order valence-corrected chi connectivity index (χ2v) is 8.94. The Bertz CT molecular complexity index is 1230. The third-order valence-corrected chi connectivity index (χ3v) is 5.16. The third kappa shape index (κ3) is 5.92. The summed E-state index contributed by atoms with van der Waals surface area (Å²) in [6, 6.07) is 14.8. The first-order valence-electron chi connectivity index (χ1n) is 10.5. The molecule has 0 saturated heterocycles. The average Bonchev–Trinajstić information content (AvgIpc) is 3.13. The summed E-state index contributed by atoms with van der Waals surface area (Å²) >= 11 is 0. The molecule has 0 aliphatic rings. The third-order valence-electron chi connectivity index (χ3n) is 5.16. The Kier molecular flexibility index (Phi) is 6.96. The normalized spacial score (nSPS) is 12.7. The van der Waals surface area contributed by atoms with Gasteiger partial charge in [0.25, 0.3) is 5.91 Å². The van der Waals surface area contributed by atoms with Crippen molar-refractivity contribution in [3.8, 4) is 6.07 Å². The van der Waals surface area contributed by atoms with E-state index in [2.05, 4.69) is 16.5 Å². The summed E-state index contributed by atoms with van der Waals surface area (Å²) in [5, 5.41) is 18.3. The molecule has 7 nitrogen and oxygen atoms in total. The molecule has 0 spiro atoms. The van der Waals surface area contributed by atoms with Crippen molar-refractivity contribution in [3.05, 3.63) is 65.4 Å². The number of fused-ring (bicyclic) bond motifs is 1. The summed E-state index contributed by atoms with van der Waals surface area (Å²) < 4.78 is 39.3. The van der Waals surface area contributed by atoms with Crippen molar-refractivity contribution in [2.24, 2.45) is 5.41 Å². The van der Waals surface area contributed by atoms with Gasteiger partial charge in [-0.05, 0) is 29.2 Å². The predicted molar refractivity (Wildman–Crippen MR) is 120 cm³/mol. The molecule has 178 valence electrons. The quantitative estimate of drug-likeness (QED) is 0.572. The first kappa shape index (κ1) is 24.8. The average molecular weight is 471 g/mol. The maximum atomic E-state index is 13.1. The zero-order valence-corrected chi connectivity index (χ0v) is 18.9. The number of hydrogen-bond acceptors (Lipinski definition) is 4. The number of amides is 2. The largest absolute Gasteiger partial charge is 0.405 e. The van der Waals surface area contributed by atoms with Gasteiger partial charge in [-0.3, -0.25) is 14.3 Å². The Morgan fingerprint density at radius 2 is 1.74 bits per heavy atom. The zero-order valence-electron chi connectivity index (χ0n) is 18.9. The smallest absolute Gasteiger partial charge is 0.345 e. The lowest BCUT2D eigenvalue weighted by Gasteiger charge is -2.30. The number of carbonyl (C=O) groups is 2. The molecular formula is C24H24F3N5O2. The number of nitrogens with zero attached hydrogens (tertiary/aromatic N) is 3. The number of rotatable bonds is 6. The van der Waals surface area contributed by atoms with Gasteiger partial charge in [0.2, 0.25) is 5.91 Å². The van der Waals surface area contributed by atoms with E-state index in [-0.39, 0.29) is 5.69 Å². The lowest BCUT2D eigenvalue weighted by atomic mass is 9.86. The van der Waals surface area contributed by atoms with E-state index in [0.717, 1.165) is 5.56 Å². The van der Waals surface area contributed by atoms with Crippen molar-refractivity contribution in [1.29, 1.82) is 5.26 Å². The van der Waals surface area contributed by atoms with Gasteiger partial charge in [0.1, 0.15) is 12.6 Å². The van der Waals surface area contributed by atoms with Gasteiger partial charge in [-0.2, -0.15) is 23.5 Å². The maximum Gasteiger partial charge on any atom is 0.405 e. The van der Waals surface area contributed by atoms with E-state index in [4.69, 9.17) is 5.26 Å². The van der Waals surface area contributed by atoms with E-state index < -0.39 is 36.0 Å². The van der Waals surface area contributed by atoms with E-state index in [0.29, 0.717) is 23.0 Å². The first-order valence-corrected chi connectivity index (χ1v) is 10.5. The summed E-state index contributed by atoms with van der Waals surface area (Å²) in [6.07, 6.45) is -4.57.